The molecule has 8 heteroatoms. The van der Waals surface area contributed by atoms with Gasteiger partial charge in [0.2, 0.25) is 5.91 Å². The maximum atomic E-state index is 13.0. The minimum absolute atomic E-state index is 0.0158. The van der Waals surface area contributed by atoms with E-state index in [9.17, 15) is 4.79 Å². The van der Waals surface area contributed by atoms with Crippen molar-refractivity contribution in [3.63, 3.8) is 0 Å². The third-order valence-corrected chi connectivity index (χ3v) is 6.61. The van der Waals surface area contributed by atoms with Gasteiger partial charge in [-0.1, -0.05) is 80.9 Å². The molecule has 0 spiro atoms. The molecule has 0 aliphatic carbocycles. The zero-order chi connectivity index (χ0) is 25.7. The fraction of sp³-hybridized carbons (Fsp3) is 0.286. The molecule has 1 amide bonds. The summed E-state index contributed by atoms with van der Waals surface area (Å²) >= 11 is 1.72. The van der Waals surface area contributed by atoms with Gasteiger partial charge in [0.15, 0.2) is 5.82 Å². The monoisotopic (exact) mass is 501 g/mol. The Kier molecular flexibility index (Phi) is 7.86. The number of carbonyl (C=O) groups excluding carboxylic acids is 1. The van der Waals surface area contributed by atoms with Gasteiger partial charge in [0.25, 0.3) is 0 Å². The maximum Gasteiger partial charge on any atom is 0.228 e. The molecule has 1 aromatic heterocycles. The van der Waals surface area contributed by atoms with Crippen LogP contribution in [0.5, 0.6) is 0 Å². The molecule has 0 saturated heterocycles. The number of rotatable bonds is 8. The van der Waals surface area contributed by atoms with Crippen LogP contribution in [-0.4, -0.2) is 38.0 Å². The summed E-state index contributed by atoms with van der Waals surface area (Å²) in [6.07, 6.45) is 0.312. The van der Waals surface area contributed by atoms with Gasteiger partial charge in [-0.15, -0.1) is 16.9 Å². The van der Waals surface area contributed by atoms with E-state index in [1.54, 1.807) is 23.6 Å². The second-order valence-electron chi connectivity index (χ2n) is 9.60. The maximum absolute atomic E-state index is 13.0. The Balaban J connectivity index is 1.71. The van der Waals surface area contributed by atoms with Gasteiger partial charge in [-0.2, -0.15) is 4.68 Å². The molecule has 1 N–H and O–H groups in total. The number of methoxy groups -OCH3 is 1. The molecule has 1 heterocycles. The molecule has 4 rings (SSSR count). The van der Waals surface area contributed by atoms with Crippen LogP contribution >= 0.6 is 11.8 Å². The molecular formula is C28H31N5O2S. The second kappa shape index (κ2) is 11.1. The number of aryl methyl sites for hydroxylation is 1. The Bertz CT molecular complexity index is 1340. The average molecular weight is 502 g/mol. The lowest BCUT2D eigenvalue weighted by Crippen LogP contribution is -2.16. The average Bonchev–Trinajstić information content (AvgIpc) is 3.29. The predicted molar refractivity (Wildman–Crippen MR) is 145 cm³/mol. The quantitative estimate of drug-likeness (QED) is 0.299. The van der Waals surface area contributed by atoms with Crippen LogP contribution in [0.4, 0.5) is 5.69 Å². The van der Waals surface area contributed by atoms with Crippen molar-refractivity contribution < 1.29 is 9.53 Å². The van der Waals surface area contributed by atoms with E-state index in [1.165, 1.54) is 5.56 Å². The van der Waals surface area contributed by atoms with Gasteiger partial charge >= 0.3 is 0 Å². The number of ether oxygens (including phenoxy) is 1. The van der Waals surface area contributed by atoms with Crippen molar-refractivity contribution in [1.82, 2.24) is 20.2 Å². The van der Waals surface area contributed by atoms with Crippen LogP contribution in [0.1, 0.15) is 31.9 Å². The van der Waals surface area contributed by atoms with E-state index in [-0.39, 0.29) is 17.4 Å². The number of hydrogen-bond acceptors (Lipinski definition) is 6. The molecule has 186 valence electrons. The standard InChI is InChI=1S/C28H31N5O2S/c1-19-10-12-20(13-11-19)16-26(34)29-24-17-21(14-15-25(24)36-28(2,3)4)22-8-6-7-9-23(22)27-30-31-32-33(27)18-35-5/h6-15,17H,16,18H2,1-5H3,(H,29,34). The first-order valence-electron chi connectivity index (χ1n) is 11.8. The Morgan fingerprint density at radius 3 is 2.44 bits per heavy atom. The number of tetrazole rings is 1. The lowest BCUT2D eigenvalue weighted by Gasteiger charge is -2.21. The summed E-state index contributed by atoms with van der Waals surface area (Å²) in [6, 6.07) is 22.2. The smallest absolute Gasteiger partial charge is 0.228 e. The zero-order valence-electron chi connectivity index (χ0n) is 21.3. The number of hydrogen-bond donors (Lipinski definition) is 1. The molecule has 0 fully saturated rings. The number of anilines is 1. The van der Waals surface area contributed by atoms with Crippen LogP contribution in [0.25, 0.3) is 22.5 Å². The lowest BCUT2D eigenvalue weighted by molar-refractivity contribution is -0.115. The molecule has 0 atom stereocenters. The minimum atomic E-state index is -0.0518. The molecule has 0 aliphatic rings. The second-order valence-corrected chi connectivity index (χ2v) is 11.5. The number of nitrogens with zero attached hydrogens (tertiary/aromatic N) is 4. The fourth-order valence-corrected chi connectivity index (χ4v) is 4.85. The largest absolute Gasteiger partial charge is 0.362 e. The molecule has 0 unspecified atom stereocenters. The predicted octanol–water partition coefficient (Wildman–Crippen LogP) is 5.99. The van der Waals surface area contributed by atoms with Crippen LogP contribution in [0, 0.1) is 6.92 Å². The van der Waals surface area contributed by atoms with Gasteiger partial charge in [0.05, 0.1) is 12.1 Å². The van der Waals surface area contributed by atoms with E-state index in [1.807, 2.05) is 61.5 Å². The highest BCUT2D eigenvalue weighted by Gasteiger charge is 2.19. The Hall–Kier alpha value is -3.49. The number of amides is 1. The van der Waals surface area contributed by atoms with Crippen molar-refractivity contribution in [1.29, 1.82) is 0 Å². The number of benzene rings is 3. The highest BCUT2D eigenvalue weighted by molar-refractivity contribution is 8.00. The summed E-state index contributed by atoms with van der Waals surface area (Å²) in [4.78, 5) is 14.1. The Labute approximate surface area is 216 Å². The van der Waals surface area contributed by atoms with E-state index < -0.39 is 0 Å². The van der Waals surface area contributed by atoms with Crippen LogP contribution in [-0.2, 0) is 22.7 Å². The number of aromatic nitrogens is 4. The molecule has 0 radical (unpaired) electrons. The molecular weight excluding hydrogens is 470 g/mol. The number of thioether (sulfide) groups is 1. The highest BCUT2D eigenvalue weighted by Crippen LogP contribution is 2.40. The van der Waals surface area contributed by atoms with Crippen molar-refractivity contribution in [2.75, 3.05) is 12.4 Å². The lowest BCUT2D eigenvalue weighted by atomic mass is 9.98. The summed E-state index contributed by atoms with van der Waals surface area (Å²) in [5, 5.41) is 15.3. The van der Waals surface area contributed by atoms with Gasteiger partial charge in [-0.25, -0.2) is 0 Å². The van der Waals surface area contributed by atoms with Crippen molar-refractivity contribution in [2.45, 2.75) is 50.5 Å². The highest BCUT2D eigenvalue weighted by atomic mass is 32.2. The Morgan fingerprint density at radius 1 is 1.03 bits per heavy atom. The van der Waals surface area contributed by atoms with E-state index >= 15 is 0 Å². The van der Waals surface area contributed by atoms with Crippen LogP contribution in [0.3, 0.4) is 0 Å². The minimum Gasteiger partial charge on any atom is -0.362 e. The normalized spacial score (nSPS) is 11.5. The fourth-order valence-electron chi connectivity index (χ4n) is 3.84. The molecule has 3 aromatic carbocycles. The Morgan fingerprint density at radius 2 is 1.75 bits per heavy atom. The molecule has 0 aliphatic heterocycles. The number of nitrogens with one attached hydrogen (secondary N) is 1. The molecule has 0 bridgehead atoms. The van der Waals surface area contributed by atoms with Gasteiger partial charge in [-0.3, -0.25) is 4.79 Å². The van der Waals surface area contributed by atoms with E-state index in [0.29, 0.717) is 12.2 Å². The van der Waals surface area contributed by atoms with Gasteiger partial charge in [0.1, 0.15) is 6.73 Å². The van der Waals surface area contributed by atoms with Gasteiger partial charge in [0, 0.05) is 22.3 Å². The summed E-state index contributed by atoms with van der Waals surface area (Å²) < 4.78 is 6.85. The SMILES string of the molecule is COCn1nnnc1-c1ccccc1-c1ccc(SC(C)(C)C)c(NC(=O)Cc2ccc(C)cc2)c1. The van der Waals surface area contributed by atoms with Crippen molar-refractivity contribution in [3.05, 3.63) is 77.9 Å². The first kappa shape index (κ1) is 25.6. The summed E-state index contributed by atoms with van der Waals surface area (Å²) in [5.74, 6) is 0.564. The van der Waals surface area contributed by atoms with E-state index in [0.717, 1.165) is 32.8 Å². The van der Waals surface area contributed by atoms with Crippen molar-refractivity contribution in [2.24, 2.45) is 0 Å². The molecule has 4 aromatic rings. The van der Waals surface area contributed by atoms with E-state index in [4.69, 9.17) is 4.74 Å². The topological polar surface area (TPSA) is 81.9 Å². The van der Waals surface area contributed by atoms with Crippen LogP contribution in [0.2, 0.25) is 0 Å². The van der Waals surface area contributed by atoms with Crippen LogP contribution < -0.4 is 5.32 Å². The first-order chi connectivity index (χ1) is 17.2. The number of carbonyl (C=O) groups is 1. The van der Waals surface area contributed by atoms with Gasteiger partial charge in [-0.05, 0) is 46.2 Å². The zero-order valence-corrected chi connectivity index (χ0v) is 22.1. The summed E-state index contributed by atoms with van der Waals surface area (Å²) in [6.45, 7) is 8.77. The third kappa shape index (κ3) is 6.38. The van der Waals surface area contributed by atoms with E-state index in [2.05, 4.69) is 53.7 Å². The van der Waals surface area contributed by atoms with Crippen LogP contribution in [0.15, 0.2) is 71.6 Å². The summed E-state index contributed by atoms with van der Waals surface area (Å²) in [5.41, 5.74) is 5.75. The molecule has 0 saturated carbocycles. The van der Waals surface area contributed by atoms with Crippen molar-refractivity contribution in [3.8, 4) is 22.5 Å². The third-order valence-electron chi connectivity index (χ3n) is 5.42. The molecule has 7 nitrogen and oxygen atoms in total. The molecule has 36 heavy (non-hydrogen) atoms. The van der Waals surface area contributed by atoms with Crippen molar-refractivity contribution >= 4 is 23.4 Å². The summed E-state index contributed by atoms with van der Waals surface area (Å²) in [7, 11) is 1.61. The van der Waals surface area contributed by atoms with Gasteiger partial charge < -0.3 is 10.1 Å². The first-order valence-corrected chi connectivity index (χ1v) is 12.6.